The Morgan fingerprint density at radius 1 is 1.12 bits per heavy atom. The number of amides is 1. The van der Waals surface area contributed by atoms with Crippen LogP contribution < -0.4 is 10.2 Å². The first-order valence-corrected chi connectivity index (χ1v) is 10.1. The lowest BCUT2D eigenvalue weighted by molar-refractivity contribution is 0.0955. The molecule has 0 saturated carbocycles. The summed E-state index contributed by atoms with van der Waals surface area (Å²) in [4.78, 5) is 13.0. The number of halogens is 2. The fraction of sp³-hybridized carbons (Fsp3) is 0.0526. The van der Waals surface area contributed by atoms with E-state index >= 15 is 0 Å². The number of hydrogen-bond acceptors (Lipinski definition) is 4. The second-order valence-corrected chi connectivity index (χ2v) is 8.69. The van der Waals surface area contributed by atoms with Crippen molar-refractivity contribution in [2.45, 2.75) is 6.61 Å². The van der Waals surface area contributed by atoms with E-state index in [2.05, 4.69) is 42.4 Å². The molecule has 3 rings (SSSR count). The molecule has 0 atom stereocenters. The molecule has 0 aliphatic rings. The second-order valence-electron chi connectivity index (χ2n) is 5.28. The summed E-state index contributed by atoms with van der Waals surface area (Å²) in [6, 6.07) is 18.7. The standard InChI is InChI=1S/C19H14Br2N2O2S/c20-15-3-1-2-13(10-15)12-25-16-6-4-14(5-7-16)19(24)23-22-11-17-8-9-18(21)26-17/h1-11H,12H2,(H,23,24)/b22-11+. The number of nitrogens with one attached hydrogen (secondary N) is 1. The molecule has 0 aliphatic carbocycles. The normalized spacial score (nSPS) is 10.8. The van der Waals surface area contributed by atoms with Crippen molar-refractivity contribution >= 4 is 55.3 Å². The summed E-state index contributed by atoms with van der Waals surface area (Å²) in [5.41, 5.74) is 4.10. The zero-order valence-corrected chi connectivity index (χ0v) is 17.5. The predicted molar refractivity (Wildman–Crippen MR) is 112 cm³/mol. The van der Waals surface area contributed by atoms with Gasteiger partial charge in [0.15, 0.2) is 0 Å². The molecule has 0 radical (unpaired) electrons. The van der Waals surface area contributed by atoms with E-state index in [0.717, 1.165) is 18.7 Å². The van der Waals surface area contributed by atoms with Gasteiger partial charge in [0.2, 0.25) is 0 Å². The minimum atomic E-state index is -0.268. The van der Waals surface area contributed by atoms with Crippen LogP contribution >= 0.6 is 43.2 Å². The van der Waals surface area contributed by atoms with Gasteiger partial charge in [-0.3, -0.25) is 4.79 Å². The molecule has 0 unspecified atom stereocenters. The van der Waals surface area contributed by atoms with Gasteiger partial charge in [-0.25, -0.2) is 5.43 Å². The van der Waals surface area contributed by atoms with E-state index in [1.807, 2.05) is 36.4 Å². The average molecular weight is 494 g/mol. The SMILES string of the molecule is O=C(N/N=C/c1ccc(Br)s1)c1ccc(OCc2cccc(Br)c2)cc1. The van der Waals surface area contributed by atoms with Crippen LogP contribution in [-0.2, 0) is 6.61 Å². The van der Waals surface area contributed by atoms with Gasteiger partial charge in [-0.1, -0.05) is 28.1 Å². The second kappa shape index (κ2) is 9.12. The van der Waals surface area contributed by atoms with Crippen molar-refractivity contribution in [1.82, 2.24) is 5.43 Å². The van der Waals surface area contributed by atoms with E-state index in [4.69, 9.17) is 4.74 Å². The van der Waals surface area contributed by atoms with Gasteiger partial charge < -0.3 is 4.74 Å². The Morgan fingerprint density at radius 2 is 1.92 bits per heavy atom. The summed E-state index contributed by atoms with van der Waals surface area (Å²) in [6.07, 6.45) is 1.61. The molecular formula is C19H14Br2N2O2S. The minimum absolute atomic E-state index is 0.268. The maximum atomic E-state index is 12.1. The zero-order valence-electron chi connectivity index (χ0n) is 13.5. The Labute approximate surface area is 172 Å². The van der Waals surface area contributed by atoms with Crippen molar-refractivity contribution in [1.29, 1.82) is 0 Å². The summed E-state index contributed by atoms with van der Waals surface area (Å²) >= 11 is 8.36. The smallest absolute Gasteiger partial charge is 0.271 e. The van der Waals surface area contributed by atoms with E-state index in [-0.39, 0.29) is 5.91 Å². The van der Waals surface area contributed by atoms with Crippen molar-refractivity contribution in [2.24, 2.45) is 5.10 Å². The summed E-state index contributed by atoms with van der Waals surface area (Å²) in [6.45, 7) is 0.464. The van der Waals surface area contributed by atoms with Crippen LogP contribution in [0.5, 0.6) is 5.75 Å². The number of hydrogen-bond donors (Lipinski definition) is 1. The first-order valence-electron chi connectivity index (χ1n) is 7.66. The lowest BCUT2D eigenvalue weighted by Crippen LogP contribution is -2.17. The molecule has 4 nitrogen and oxygen atoms in total. The highest BCUT2D eigenvalue weighted by atomic mass is 79.9. The topological polar surface area (TPSA) is 50.7 Å². The fourth-order valence-electron chi connectivity index (χ4n) is 2.11. The molecule has 1 heterocycles. The molecule has 0 spiro atoms. The van der Waals surface area contributed by atoms with Crippen molar-refractivity contribution in [3.63, 3.8) is 0 Å². The third-order valence-corrected chi connectivity index (χ3v) is 5.41. The van der Waals surface area contributed by atoms with Gasteiger partial charge in [0.1, 0.15) is 12.4 Å². The molecule has 3 aromatic rings. The van der Waals surface area contributed by atoms with Crippen LogP contribution in [0.25, 0.3) is 0 Å². The summed E-state index contributed by atoms with van der Waals surface area (Å²) in [5.74, 6) is 0.434. The molecule has 7 heteroatoms. The third kappa shape index (κ3) is 5.52. The van der Waals surface area contributed by atoms with Gasteiger partial charge in [-0.05, 0) is 70.0 Å². The van der Waals surface area contributed by atoms with Crippen LogP contribution in [0.1, 0.15) is 20.8 Å². The fourth-order valence-corrected chi connectivity index (χ4v) is 3.85. The van der Waals surface area contributed by atoms with Gasteiger partial charge in [0.25, 0.3) is 5.91 Å². The van der Waals surface area contributed by atoms with E-state index in [9.17, 15) is 4.79 Å². The highest BCUT2D eigenvalue weighted by Gasteiger charge is 2.05. The molecule has 0 bridgehead atoms. The molecule has 26 heavy (non-hydrogen) atoms. The highest BCUT2D eigenvalue weighted by Crippen LogP contribution is 2.20. The van der Waals surface area contributed by atoms with Gasteiger partial charge in [0.05, 0.1) is 10.0 Å². The number of ether oxygens (including phenoxy) is 1. The quantitative estimate of drug-likeness (QED) is 0.358. The van der Waals surface area contributed by atoms with E-state index in [1.54, 1.807) is 30.5 Å². The first kappa shape index (κ1) is 18.8. The molecule has 1 aromatic heterocycles. The maximum Gasteiger partial charge on any atom is 0.271 e. The van der Waals surface area contributed by atoms with E-state index < -0.39 is 0 Å². The summed E-state index contributed by atoms with van der Waals surface area (Å²) < 4.78 is 7.77. The van der Waals surface area contributed by atoms with Crippen molar-refractivity contribution in [2.75, 3.05) is 0 Å². The largest absolute Gasteiger partial charge is 0.489 e. The summed E-state index contributed by atoms with van der Waals surface area (Å²) in [7, 11) is 0. The van der Waals surface area contributed by atoms with Crippen molar-refractivity contribution in [3.05, 3.63) is 84.9 Å². The third-order valence-electron chi connectivity index (χ3n) is 3.36. The predicted octanol–water partition coefficient (Wildman–Crippen LogP) is 5.62. The number of thiophene rings is 1. The molecule has 1 amide bonds. The van der Waals surface area contributed by atoms with Crippen molar-refractivity contribution < 1.29 is 9.53 Å². The number of rotatable bonds is 6. The number of carbonyl (C=O) groups excluding carboxylic acids is 1. The van der Waals surface area contributed by atoms with Crippen LogP contribution in [0.2, 0.25) is 0 Å². The minimum Gasteiger partial charge on any atom is -0.489 e. The van der Waals surface area contributed by atoms with E-state index in [1.165, 1.54) is 11.3 Å². The van der Waals surface area contributed by atoms with Gasteiger partial charge in [-0.15, -0.1) is 11.3 Å². The van der Waals surface area contributed by atoms with Gasteiger partial charge in [0, 0.05) is 14.9 Å². The molecular weight excluding hydrogens is 480 g/mol. The Bertz CT molecular complexity index is 923. The van der Waals surface area contributed by atoms with Gasteiger partial charge >= 0.3 is 0 Å². The lowest BCUT2D eigenvalue weighted by Gasteiger charge is -2.07. The monoisotopic (exact) mass is 492 g/mol. The van der Waals surface area contributed by atoms with Crippen LogP contribution in [-0.4, -0.2) is 12.1 Å². The maximum absolute atomic E-state index is 12.1. The van der Waals surface area contributed by atoms with E-state index in [0.29, 0.717) is 17.9 Å². The summed E-state index contributed by atoms with van der Waals surface area (Å²) in [5, 5.41) is 3.97. The molecule has 0 saturated heterocycles. The number of benzene rings is 2. The van der Waals surface area contributed by atoms with Crippen LogP contribution in [0.15, 0.2) is 74.0 Å². The Balaban J connectivity index is 1.53. The molecule has 2 aromatic carbocycles. The Hall–Kier alpha value is -1.96. The number of hydrazone groups is 1. The van der Waals surface area contributed by atoms with Crippen LogP contribution in [0.3, 0.4) is 0 Å². The van der Waals surface area contributed by atoms with Crippen LogP contribution in [0.4, 0.5) is 0 Å². The van der Waals surface area contributed by atoms with Gasteiger partial charge in [-0.2, -0.15) is 5.10 Å². The molecule has 1 N–H and O–H groups in total. The Kier molecular flexibility index (Phi) is 6.60. The number of carbonyl (C=O) groups is 1. The van der Waals surface area contributed by atoms with Crippen molar-refractivity contribution in [3.8, 4) is 5.75 Å². The lowest BCUT2D eigenvalue weighted by atomic mass is 10.2. The number of nitrogens with zero attached hydrogens (tertiary/aromatic N) is 1. The molecule has 0 aliphatic heterocycles. The zero-order chi connectivity index (χ0) is 18.4. The van der Waals surface area contributed by atoms with Crippen LogP contribution in [0, 0.1) is 0 Å². The molecule has 0 fully saturated rings. The first-order chi connectivity index (χ1) is 12.6. The molecule has 132 valence electrons. The average Bonchev–Trinajstić information content (AvgIpc) is 3.05. The highest BCUT2D eigenvalue weighted by molar-refractivity contribution is 9.11. The Morgan fingerprint density at radius 3 is 2.62 bits per heavy atom.